The lowest BCUT2D eigenvalue weighted by Crippen LogP contribution is -2.27. The Bertz CT molecular complexity index is 895. The zero-order valence-electron chi connectivity index (χ0n) is 14.7. The number of aryl methyl sites for hydroxylation is 1. The van der Waals surface area contributed by atoms with Crippen molar-refractivity contribution in [3.8, 4) is 0 Å². The van der Waals surface area contributed by atoms with Gasteiger partial charge >= 0.3 is 0 Å². The summed E-state index contributed by atoms with van der Waals surface area (Å²) in [5.74, 6) is -0.231. The van der Waals surface area contributed by atoms with Crippen molar-refractivity contribution < 1.29 is 13.2 Å². The summed E-state index contributed by atoms with van der Waals surface area (Å²) >= 11 is 3.25. The van der Waals surface area contributed by atoms with Gasteiger partial charge in [-0.1, -0.05) is 24.3 Å². The van der Waals surface area contributed by atoms with Crippen LogP contribution in [0.25, 0.3) is 0 Å². The fourth-order valence-corrected chi connectivity index (χ4v) is 4.21. The number of rotatable bonds is 5. The number of amides is 1. The highest BCUT2D eigenvalue weighted by molar-refractivity contribution is 9.10. The van der Waals surface area contributed by atoms with Crippen molar-refractivity contribution in [3.63, 3.8) is 0 Å². The molecule has 7 heteroatoms. The topological polar surface area (TPSA) is 57.7 Å². The van der Waals surface area contributed by atoms with E-state index in [9.17, 15) is 13.2 Å². The van der Waals surface area contributed by atoms with Crippen LogP contribution in [0.1, 0.15) is 21.5 Å². The van der Waals surface area contributed by atoms with Crippen molar-refractivity contribution in [1.29, 1.82) is 0 Å². The smallest absolute Gasteiger partial charge is 0.253 e. The molecule has 5 nitrogen and oxygen atoms in total. The molecule has 0 radical (unpaired) electrons. The minimum Gasteiger partial charge on any atom is -0.337 e. The molecular weight excluding hydrogens is 404 g/mol. The van der Waals surface area contributed by atoms with E-state index < -0.39 is 10.0 Å². The van der Waals surface area contributed by atoms with Crippen LogP contribution in [0.5, 0.6) is 0 Å². The summed E-state index contributed by atoms with van der Waals surface area (Å²) in [4.78, 5) is 14.4. The Morgan fingerprint density at radius 1 is 1.08 bits per heavy atom. The quantitative estimate of drug-likeness (QED) is 0.739. The van der Waals surface area contributed by atoms with E-state index in [0.29, 0.717) is 16.6 Å². The molecule has 0 aliphatic carbocycles. The molecule has 25 heavy (non-hydrogen) atoms. The normalized spacial score (nSPS) is 11.6. The second-order valence-corrected chi connectivity index (χ2v) is 8.99. The van der Waals surface area contributed by atoms with E-state index in [1.807, 2.05) is 31.2 Å². The maximum atomic E-state index is 12.7. The summed E-state index contributed by atoms with van der Waals surface area (Å²) in [5.41, 5.74) is 2.49. The number of carbonyl (C=O) groups is 1. The van der Waals surface area contributed by atoms with E-state index in [4.69, 9.17) is 0 Å². The number of nitrogens with zero attached hydrogens (tertiary/aromatic N) is 2. The fourth-order valence-electron chi connectivity index (χ4n) is 2.37. The summed E-state index contributed by atoms with van der Waals surface area (Å²) in [6, 6.07) is 12.5. The van der Waals surface area contributed by atoms with Crippen LogP contribution in [-0.2, 0) is 16.6 Å². The van der Waals surface area contributed by atoms with E-state index in [-0.39, 0.29) is 10.8 Å². The zero-order valence-corrected chi connectivity index (χ0v) is 17.1. The molecule has 134 valence electrons. The number of sulfonamides is 1. The molecule has 2 aromatic rings. The minimum absolute atomic E-state index is 0.0765. The van der Waals surface area contributed by atoms with Crippen molar-refractivity contribution in [2.75, 3.05) is 21.1 Å². The molecule has 0 aliphatic rings. The van der Waals surface area contributed by atoms with Gasteiger partial charge in [-0.05, 0) is 52.2 Å². The molecule has 0 aliphatic heterocycles. The van der Waals surface area contributed by atoms with Crippen LogP contribution in [0.15, 0.2) is 51.8 Å². The Kier molecular flexibility index (Phi) is 6.03. The minimum atomic E-state index is -3.64. The van der Waals surface area contributed by atoms with Crippen LogP contribution < -0.4 is 0 Å². The molecule has 0 saturated heterocycles. The molecule has 0 atom stereocenters. The van der Waals surface area contributed by atoms with Gasteiger partial charge in [-0.2, -0.15) is 0 Å². The highest BCUT2D eigenvalue weighted by Gasteiger charge is 2.23. The standard InChI is InChI=1S/C18H21BrN2O3S/c1-13-7-5-6-8-15(13)12-21(4)18(22)14-9-10-16(19)17(11-14)25(23,24)20(2)3/h5-11H,12H2,1-4H3. The SMILES string of the molecule is Cc1ccccc1CN(C)C(=O)c1ccc(Br)c(S(=O)(=O)N(C)C)c1. The first-order valence-corrected chi connectivity index (χ1v) is 9.90. The van der Waals surface area contributed by atoms with Crippen LogP contribution in [0.3, 0.4) is 0 Å². The molecule has 0 heterocycles. The molecule has 2 rings (SSSR count). The van der Waals surface area contributed by atoms with Crippen molar-refractivity contribution in [2.45, 2.75) is 18.4 Å². The van der Waals surface area contributed by atoms with Crippen LogP contribution in [0, 0.1) is 6.92 Å². The molecule has 0 bridgehead atoms. The van der Waals surface area contributed by atoms with E-state index in [1.165, 1.54) is 20.2 Å². The number of hydrogen-bond donors (Lipinski definition) is 0. The van der Waals surface area contributed by atoms with Gasteiger partial charge in [-0.15, -0.1) is 0 Å². The average Bonchev–Trinajstić information content (AvgIpc) is 2.56. The largest absolute Gasteiger partial charge is 0.337 e. The number of benzene rings is 2. The second kappa shape index (κ2) is 7.68. The highest BCUT2D eigenvalue weighted by atomic mass is 79.9. The predicted octanol–water partition coefficient (Wildman–Crippen LogP) is 3.28. The lowest BCUT2D eigenvalue weighted by atomic mass is 10.1. The second-order valence-electron chi connectivity index (χ2n) is 6.02. The van der Waals surface area contributed by atoms with Crippen molar-refractivity contribution in [3.05, 3.63) is 63.6 Å². The van der Waals surface area contributed by atoms with Crippen LogP contribution in [0.2, 0.25) is 0 Å². The molecule has 2 aromatic carbocycles. The van der Waals surface area contributed by atoms with Gasteiger partial charge in [0.05, 0.1) is 4.90 Å². The number of carbonyl (C=O) groups excluding carboxylic acids is 1. The maximum absolute atomic E-state index is 12.7. The molecule has 0 aromatic heterocycles. The third-order valence-electron chi connectivity index (χ3n) is 3.95. The molecule has 1 amide bonds. The first-order valence-electron chi connectivity index (χ1n) is 7.66. The van der Waals surface area contributed by atoms with E-state index in [0.717, 1.165) is 15.4 Å². The Morgan fingerprint density at radius 2 is 1.72 bits per heavy atom. The van der Waals surface area contributed by atoms with Crippen molar-refractivity contribution >= 4 is 31.9 Å². The number of hydrogen-bond acceptors (Lipinski definition) is 3. The van der Waals surface area contributed by atoms with Gasteiger partial charge in [0.2, 0.25) is 10.0 Å². The summed E-state index contributed by atoms with van der Waals surface area (Å²) in [5, 5.41) is 0. The average molecular weight is 425 g/mol. The molecule has 0 N–H and O–H groups in total. The van der Waals surface area contributed by atoms with E-state index in [1.54, 1.807) is 24.1 Å². The monoisotopic (exact) mass is 424 g/mol. The van der Waals surface area contributed by atoms with Gasteiger partial charge in [0.25, 0.3) is 5.91 Å². The van der Waals surface area contributed by atoms with Gasteiger partial charge in [0.15, 0.2) is 0 Å². The third-order valence-corrected chi connectivity index (χ3v) is 6.76. The van der Waals surface area contributed by atoms with Gasteiger partial charge in [0, 0.05) is 37.7 Å². The Hall–Kier alpha value is -1.70. The van der Waals surface area contributed by atoms with E-state index in [2.05, 4.69) is 15.9 Å². The maximum Gasteiger partial charge on any atom is 0.253 e. The summed E-state index contributed by atoms with van der Waals surface area (Å²) in [7, 11) is 0.984. The van der Waals surface area contributed by atoms with Crippen molar-refractivity contribution in [1.82, 2.24) is 9.21 Å². The molecule has 0 unspecified atom stereocenters. The lowest BCUT2D eigenvalue weighted by Gasteiger charge is -2.20. The Balaban J connectivity index is 2.32. The molecule has 0 fully saturated rings. The highest BCUT2D eigenvalue weighted by Crippen LogP contribution is 2.26. The lowest BCUT2D eigenvalue weighted by molar-refractivity contribution is 0.0784. The van der Waals surface area contributed by atoms with Gasteiger partial charge < -0.3 is 4.90 Å². The first kappa shape index (κ1) is 19.6. The summed E-state index contributed by atoms with van der Waals surface area (Å²) < 4.78 is 26.4. The van der Waals surface area contributed by atoms with Gasteiger partial charge in [0.1, 0.15) is 0 Å². The third kappa shape index (κ3) is 4.29. The predicted molar refractivity (Wildman–Crippen MR) is 102 cm³/mol. The van der Waals surface area contributed by atoms with Gasteiger partial charge in [-0.3, -0.25) is 4.79 Å². The zero-order chi connectivity index (χ0) is 18.8. The van der Waals surface area contributed by atoms with Crippen LogP contribution in [0.4, 0.5) is 0 Å². The summed E-state index contributed by atoms with van der Waals surface area (Å²) in [6.45, 7) is 2.45. The first-order chi connectivity index (χ1) is 11.6. The summed E-state index contributed by atoms with van der Waals surface area (Å²) in [6.07, 6.45) is 0. The number of halogens is 1. The Morgan fingerprint density at radius 3 is 2.32 bits per heavy atom. The Labute approximate surface area is 157 Å². The fraction of sp³-hybridized carbons (Fsp3) is 0.278. The van der Waals surface area contributed by atoms with Crippen molar-refractivity contribution in [2.24, 2.45) is 0 Å². The van der Waals surface area contributed by atoms with Crippen LogP contribution >= 0.6 is 15.9 Å². The van der Waals surface area contributed by atoms with Crippen LogP contribution in [-0.4, -0.2) is 44.7 Å². The van der Waals surface area contributed by atoms with E-state index >= 15 is 0 Å². The molecule has 0 saturated carbocycles. The molecule has 0 spiro atoms. The van der Waals surface area contributed by atoms with Gasteiger partial charge in [-0.25, -0.2) is 12.7 Å². The molecular formula is C18H21BrN2O3S.